The number of para-hydroxylation sites is 1. The number of fused-ring (bicyclic) bond motifs is 1. The molecule has 0 N–H and O–H groups in total. The standard InChI is InChI=1S/C23H18N4OS2/c1-25-17(15-9-5-3-6-10-15)13-18-21(25)24-20(27(18)16-11-7-4-8-12-16)14-19-22(28)26(2)23(29)30-19/h3-14H,1-2H3/b19-14+. The summed E-state index contributed by atoms with van der Waals surface area (Å²) < 4.78 is 4.73. The Morgan fingerprint density at radius 1 is 1.00 bits per heavy atom. The molecule has 5 rings (SSSR count). The Hall–Kier alpha value is -3.16. The molecular weight excluding hydrogens is 412 g/mol. The Kier molecular flexibility index (Phi) is 4.56. The van der Waals surface area contributed by atoms with E-state index >= 15 is 0 Å². The van der Waals surface area contributed by atoms with Crippen LogP contribution in [0.25, 0.3) is 34.2 Å². The quantitative estimate of drug-likeness (QED) is 0.344. The summed E-state index contributed by atoms with van der Waals surface area (Å²) in [7, 11) is 3.72. The van der Waals surface area contributed by atoms with Gasteiger partial charge in [-0.2, -0.15) is 0 Å². The molecule has 1 amide bonds. The van der Waals surface area contributed by atoms with E-state index in [9.17, 15) is 4.79 Å². The van der Waals surface area contributed by atoms with Crippen molar-refractivity contribution in [2.24, 2.45) is 7.05 Å². The van der Waals surface area contributed by atoms with Crippen LogP contribution in [0.15, 0.2) is 71.6 Å². The van der Waals surface area contributed by atoms with Crippen LogP contribution < -0.4 is 0 Å². The minimum absolute atomic E-state index is 0.0957. The van der Waals surface area contributed by atoms with Gasteiger partial charge >= 0.3 is 0 Å². The van der Waals surface area contributed by atoms with Gasteiger partial charge in [0.15, 0.2) is 5.65 Å². The number of imidazole rings is 1. The van der Waals surface area contributed by atoms with Gasteiger partial charge in [-0.1, -0.05) is 72.5 Å². The molecule has 0 atom stereocenters. The Labute approximate surface area is 183 Å². The van der Waals surface area contributed by atoms with E-state index < -0.39 is 0 Å². The van der Waals surface area contributed by atoms with Crippen molar-refractivity contribution in [2.75, 3.05) is 7.05 Å². The molecule has 0 saturated carbocycles. The van der Waals surface area contributed by atoms with Gasteiger partial charge in [-0.15, -0.1) is 0 Å². The van der Waals surface area contributed by atoms with Crippen molar-refractivity contribution in [1.29, 1.82) is 0 Å². The van der Waals surface area contributed by atoms with Gasteiger partial charge < -0.3 is 4.57 Å². The molecule has 1 aliphatic rings. The summed E-state index contributed by atoms with van der Waals surface area (Å²) >= 11 is 6.58. The van der Waals surface area contributed by atoms with E-state index in [0.29, 0.717) is 15.1 Å². The number of hydrogen-bond donors (Lipinski definition) is 0. The fourth-order valence-electron chi connectivity index (χ4n) is 3.65. The monoisotopic (exact) mass is 430 g/mol. The molecule has 3 heterocycles. The van der Waals surface area contributed by atoms with Crippen LogP contribution in [0.5, 0.6) is 0 Å². The van der Waals surface area contributed by atoms with Crippen LogP contribution in [0.2, 0.25) is 0 Å². The lowest BCUT2D eigenvalue weighted by Gasteiger charge is -2.07. The minimum Gasteiger partial charge on any atom is -0.327 e. The smallest absolute Gasteiger partial charge is 0.266 e. The molecule has 0 bridgehead atoms. The van der Waals surface area contributed by atoms with Crippen LogP contribution in [0.1, 0.15) is 5.82 Å². The number of hydrogen-bond acceptors (Lipinski definition) is 4. The van der Waals surface area contributed by atoms with Crippen LogP contribution >= 0.6 is 24.0 Å². The van der Waals surface area contributed by atoms with E-state index in [2.05, 4.69) is 27.3 Å². The summed E-state index contributed by atoms with van der Waals surface area (Å²) in [5.41, 5.74) is 5.05. The van der Waals surface area contributed by atoms with Crippen molar-refractivity contribution in [3.63, 3.8) is 0 Å². The predicted molar refractivity (Wildman–Crippen MR) is 126 cm³/mol. The number of thiocarbonyl (C=S) groups is 1. The maximum absolute atomic E-state index is 12.5. The molecular formula is C23H18N4OS2. The summed E-state index contributed by atoms with van der Waals surface area (Å²) in [5.74, 6) is 0.608. The van der Waals surface area contributed by atoms with E-state index in [1.165, 1.54) is 16.7 Å². The number of carbonyl (C=O) groups is 1. The maximum Gasteiger partial charge on any atom is 0.266 e. The number of carbonyl (C=O) groups excluding carboxylic acids is 1. The number of amides is 1. The molecule has 2 aromatic carbocycles. The number of benzene rings is 2. The van der Waals surface area contributed by atoms with Crippen LogP contribution in [-0.4, -0.2) is 36.3 Å². The molecule has 2 aromatic heterocycles. The van der Waals surface area contributed by atoms with Gasteiger partial charge in [-0.05, 0) is 23.8 Å². The first kappa shape index (κ1) is 18.8. The minimum atomic E-state index is -0.0957. The topological polar surface area (TPSA) is 43.1 Å². The zero-order valence-corrected chi connectivity index (χ0v) is 18.1. The zero-order chi connectivity index (χ0) is 20.8. The largest absolute Gasteiger partial charge is 0.327 e. The third kappa shape index (κ3) is 2.98. The number of aryl methyl sites for hydroxylation is 1. The first-order valence-corrected chi connectivity index (χ1v) is 10.7. The second-order valence-corrected chi connectivity index (χ2v) is 8.72. The van der Waals surface area contributed by atoms with Crippen molar-refractivity contribution in [3.8, 4) is 16.9 Å². The molecule has 0 unspecified atom stereocenters. The molecule has 148 valence electrons. The van der Waals surface area contributed by atoms with Gasteiger partial charge in [0.1, 0.15) is 10.1 Å². The van der Waals surface area contributed by atoms with Crippen LogP contribution in [0.3, 0.4) is 0 Å². The average molecular weight is 431 g/mol. The third-order valence-corrected chi connectivity index (χ3v) is 6.69. The second-order valence-electron chi connectivity index (χ2n) is 7.05. The molecule has 30 heavy (non-hydrogen) atoms. The van der Waals surface area contributed by atoms with Crippen molar-refractivity contribution >= 4 is 51.4 Å². The zero-order valence-electron chi connectivity index (χ0n) is 16.4. The highest BCUT2D eigenvalue weighted by molar-refractivity contribution is 8.26. The van der Waals surface area contributed by atoms with Gasteiger partial charge in [-0.3, -0.25) is 14.3 Å². The second kappa shape index (κ2) is 7.27. The highest BCUT2D eigenvalue weighted by atomic mass is 32.2. The van der Waals surface area contributed by atoms with E-state index in [1.807, 2.05) is 61.7 Å². The summed E-state index contributed by atoms with van der Waals surface area (Å²) in [6.45, 7) is 0. The molecule has 0 radical (unpaired) electrons. The van der Waals surface area contributed by atoms with E-state index in [0.717, 1.165) is 28.1 Å². The maximum atomic E-state index is 12.5. The molecule has 7 heteroatoms. The highest BCUT2D eigenvalue weighted by Crippen LogP contribution is 2.34. The third-order valence-electron chi connectivity index (χ3n) is 5.20. The van der Waals surface area contributed by atoms with Crippen molar-refractivity contribution in [3.05, 3.63) is 77.5 Å². The Morgan fingerprint density at radius 3 is 2.30 bits per heavy atom. The number of rotatable bonds is 3. The highest BCUT2D eigenvalue weighted by Gasteiger charge is 2.29. The lowest BCUT2D eigenvalue weighted by molar-refractivity contribution is -0.121. The molecule has 4 aromatic rings. The van der Waals surface area contributed by atoms with Gasteiger partial charge in [0, 0.05) is 25.9 Å². The Bertz CT molecular complexity index is 1320. The number of likely N-dealkylation sites (N-methyl/N-ethyl adjacent to an activating group) is 1. The van der Waals surface area contributed by atoms with Crippen molar-refractivity contribution in [2.45, 2.75) is 0 Å². The van der Waals surface area contributed by atoms with Crippen LogP contribution in [0, 0.1) is 0 Å². The van der Waals surface area contributed by atoms with Gasteiger partial charge in [0.2, 0.25) is 0 Å². The molecule has 1 aliphatic heterocycles. The van der Waals surface area contributed by atoms with Crippen LogP contribution in [0.4, 0.5) is 0 Å². The molecule has 0 aliphatic carbocycles. The summed E-state index contributed by atoms with van der Waals surface area (Å²) in [4.78, 5) is 19.5. The average Bonchev–Trinajstić information content (AvgIpc) is 3.36. The summed E-state index contributed by atoms with van der Waals surface area (Å²) in [5, 5.41) is 0. The summed E-state index contributed by atoms with van der Waals surface area (Å²) in [6, 6.07) is 22.5. The first-order chi connectivity index (χ1) is 14.5. The SMILES string of the molecule is CN1C(=O)/C(=C\c2nc3c(cc(-c4ccccc4)n3C)n2-c2ccccc2)SC1=S. The normalized spacial score (nSPS) is 15.7. The lowest BCUT2D eigenvalue weighted by Crippen LogP contribution is -2.22. The molecule has 0 spiro atoms. The van der Waals surface area contributed by atoms with E-state index in [-0.39, 0.29) is 5.91 Å². The molecule has 1 saturated heterocycles. The van der Waals surface area contributed by atoms with Crippen molar-refractivity contribution in [1.82, 2.24) is 19.0 Å². The number of nitrogens with zero attached hydrogens (tertiary/aromatic N) is 4. The number of thioether (sulfide) groups is 1. The fraction of sp³-hybridized carbons (Fsp3) is 0.0870. The lowest BCUT2D eigenvalue weighted by atomic mass is 10.1. The van der Waals surface area contributed by atoms with Crippen molar-refractivity contribution < 1.29 is 4.79 Å². The predicted octanol–water partition coefficient (Wildman–Crippen LogP) is 4.86. The Balaban J connectivity index is 1.74. The number of aromatic nitrogens is 3. The molecule has 5 nitrogen and oxygen atoms in total. The first-order valence-electron chi connectivity index (χ1n) is 9.45. The van der Waals surface area contributed by atoms with Gasteiger partial charge in [0.25, 0.3) is 5.91 Å². The Morgan fingerprint density at radius 2 is 1.67 bits per heavy atom. The van der Waals surface area contributed by atoms with E-state index in [1.54, 1.807) is 7.05 Å². The van der Waals surface area contributed by atoms with Gasteiger partial charge in [0.05, 0.1) is 16.1 Å². The van der Waals surface area contributed by atoms with E-state index in [4.69, 9.17) is 17.2 Å². The summed E-state index contributed by atoms with van der Waals surface area (Å²) in [6.07, 6.45) is 1.83. The van der Waals surface area contributed by atoms with Gasteiger partial charge in [-0.25, -0.2) is 4.98 Å². The van der Waals surface area contributed by atoms with Crippen LogP contribution in [-0.2, 0) is 11.8 Å². The molecule has 1 fully saturated rings. The fourth-order valence-corrected chi connectivity index (χ4v) is 4.80.